The SMILES string of the molecule is O/N=c1/cc(-c2cc3cccn3cn2)oc2cccc(OCCCN3CCOCC3)c12. The second-order valence-electron chi connectivity index (χ2n) is 7.50. The molecule has 1 aliphatic rings. The van der Waals surface area contributed by atoms with Gasteiger partial charge in [0.1, 0.15) is 22.4 Å². The summed E-state index contributed by atoms with van der Waals surface area (Å²) in [6.07, 6.45) is 4.56. The van der Waals surface area contributed by atoms with Gasteiger partial charge in [-0.2, -0.15) is 0 Å². The molecule has 0 amide bonds. The minimum Gasteiger partial charge on any atom is -0.493 e. The molecule has 1 saturated heterocycles. The van der Waals surface area contributed by atoms with Crippen LogP contribution >= 0.6 is 0 Å². The summed E-state index contributed by atoms with van der Waals surface area (Å²) < 4.78 is 19.5. The molecular formula is C23H24N4O4. The molecule has 4 aromatic rings. The van der Waals surface area contributed by atoms with Crippen LogP contribution in [0.15, 0.2) is 64.6 Å². The van der Waals surface area contributed by atoms with Crippen LogP contribution in [-0.2, 0) is 4.74 Å². The lowest BCUT2D eigenvalue weighted by atomic mass is 10.1. The maximum Gasteiger partial charge on any atom is 0.155 e. The molecule has 0 unspecified atom stereocenters. The minimum atomic E-state index is 0.386. The number of morpholine rings is 1. The lowest BCUT2D eigenvalue weighted by molar-refractivity contribution is 0.0358. The summed E-state index contributed by atoms with van der Waals surface area (Å²) >= 11 is 0. The zero-order valence-corrected chi connectivity index (χ0v) is 17.1. The van der Waals surface area contributed by atoms with E-state index in [2.05, 4.69) is 15.0 Å². The number of fused-ring (bicyclic) bond motifs is 2. The summed E-state index contributed by atoms with van der Waals surface area (Å²) in [5, 5.41) is 14.2. The molecule has 1 N–H and O–H groups in total. The standard InChI is InChI=1S/C23H24N4O4/c28-25-19-15-22(18-14-17-4-2-8-27(17)16-24-18)31-21-6-1-5-20(23(19)21)30-11-3-7-26-9-12-29-13-10-26/h1-2,4-6,8,14-16,28H,3,7,9-13H2/b25-19-. The maximum absolute atomic E-state index is 9.70. The molecule has 0 radical (unpaired) electrons. The zero-order valence-electron chi connectivity index (χ0n) is 17.1. The first-order chi connectivity index (χ1) is 15.3. The number of ether oxygens (including phenoxy) is 2. The lowest BCUT2D eigenvalue weighted by Crippen LogP contribution is -2.37. The van der Waals surface area contributed by atoms with E-state index in [0.717, 1.165) is 44.8 Å². The average molecular weight is 420 g/mol. The fourth-order valence-electron chi connectivity index (χ4n) is 3.88. The van der Waals surface area contributed by atoms with Gasteiger partial charge in [-0.1, -0.05) is 11.2 Å². The van der Waals surface area contributed by atoms with Crippen LogP contribution in [0, 0.1) is 0 Å². The molecule has 8 nitrogen and oxygen atoms in total. The molecule has 1 aromatic carbocycles. The van der Waals surface area contributed by atoms with Crippen molar-refractivity contribution in [2.75, 3.05) is 39.5 Å². The smallest absolute Gasteiger partial charge is 0.155 e. The highest BCUT2D eigenvalue weighted by Gasteiger charge is 2.13. The van der Waals surface area contributed by atoms with Crippen molar-refractivity contribution in [3.63, 3.8) is 0 Å². The van der Waals surface area contributed by atoms with E-state index in [9.17, 15) is 5.21 Å². The van der Waals surface area contributed by atoms with Crippen molar-refractivity contribution in [2.45, 2.75) is 6.42 Å². The van der Waals surface area contributed by atoms with Crippen LogP contribution in [0.5, 0.6) is 5.75 Å². The lowest BCUT2D eigenvalue weighted by Gasteiger charge is -2.26. The molecular weight excluding hydrogens is 396 g/mol. The molecule has 3 aromatic heterocycles. The Morgan fingerprint density at radius 3 is 2.90 bits per heavy atom. The van der Waals surface area contributed by atoms with E-state index in [-0.39, 0.29) is 0 Å². The molecule has 0 saturated carbocycles. The Hall–Kier alpha value is -3.36. The van der Waals surface area contributed by atoms with E-state index >= 15 is 0 Å². The normalized spacial score (nSPS) is 15.7. The van der Waals surface area contributed by atoms with Gasteiger partial charge in [-0.15, -0.1) is 0 Å². The molecule has 160 valence electrons. The van der Waals surface area contributed by atoms with Crippen molar-refractivity contribution in [3.05, 3.63) is 60.3 Å². The second-order valence-corrected chi connectivity index (χ2v) is 7.50. The fourth-order valence-corrected chi connectivity index (χ4v) is 3.88. The van der Waals surface area contributed by atoms with E-state index in [4.69, 9.17) is 13.9 Å². The monoisotopic (exact) mass is 420 g/mol. The predicted molar refractivity (Wildman–Crippen MR) is 115 cm³/mol. The third-order valence-corrected chi connectivity index (χ3v) is 5.49. The quantitative estimate of drug-likeness (QED) is 0.293. The van der Waals surface area contributed by atoms with Crippen molar-refractivity contribution in [1.82, 2.24) is 14.3 Å². The van der Waals surface area contributed by atoms with Crippen LogP contribution in [0.25, 0.3) is 27.9 Å². The molecule has 5 rings (SSSR count). The highest BCUT2D eigenvalue weighted by atomic mass is 16.5. The number of benzene rings is 1. The molecule has 0 aliphatic carbocycles. The van der Waals surface area contributed by atoms with Crippen molar-refractivity contribution < 1.29 is 19.1 Å². The van der Waals surface area contributed by atoms with Crippen molar-refractivity contribution in [3.8, 4) is 17.2 Å². The van der Waals surface area contributed by atoms with E-state index in [0.29, 0.717) is 40.1 Å². The van der Waals surface area contributed by atoms with Gasteiger partial charge in [-0.05, 0) is 36.8 Å². The van der Waals surface area contributed by atoms with E-state index in [1.54, 1.807) is 12.4 Å². The topological polar surface area (TPSA) is 84.7 Å². The Bertz CT molecular complexity index is 1260. The molecule has 0 spiro atoms. The van der Waals surface area contributed by atoms with Gasteiger partial charge < -0.3 is 23.5 Å². The van der Waals surface area contributed by atoms with Crippen LogP contribution < -0.4 is 10.1 Å². The molecule has 4 heterocycles. The number of nitrogens with zero attached hydrogens (tertiary/aromatic N) is 4. The summed E-state index contributed by atoms with van der Waals surface area (Å²) in [5.41, 5.74) is 2.24. The first-order valence-corrected chi connectivity index (χ1v) is 10.4. The van der Waals surface area contributed by atoms with Gasteiger partial charge in [0.15, 0.2) is 5.76 Å². The summed E-state index contributed by atoms with van der Waals surface area (Å²) in [6, 6.07) is 13.1. The largest absolute Gasteiger partial charge is 0.493 e. The van der Waals surface area contributed by atoms with Gasteiger partial charge in [0.05, 0.1) is 31.5 Å². The van der Waals surface area contributed by atoms with E-state index in [1.165, 1.54) is 0 Å². The van der Waals surface area contributed by atoms with Gasteiger partial charge >= 0.3 is 0 Å². The summed E-state index contributed by atoms with van der Waals surface area (Å²) in [6.45, 7) is 5.05. The molecule has 1 fully saturated rings. The van der Waals surface area contributed by atoms with Gasteiger partial charge in [-0.25, -0.2) is 4.98 Å². The highest BCUT2D eigenvalue weighted by Crippen LogP contribution is 2.27. The van der Waals surface area contributed by atoms with E-state index in [1.807, 2.05) is 47.0 Å². The fraction of sp³-hybridized carbons (Fsp3) is 0.304. The van der Waals surface area contributed by atoms with Crippen molar-refractivity contribution in [2.24, 2.45) is 5.16 Å². The van der Waals surface area contributed by atoms with Crippen molar-refractivity contribution >= 4 is 16.5 Å². The Morgan fingerprint density at radius 2 is 2.03 bits per heavy atom. The van der Waals surface area contributed by atoms with Crippen LogP contribution in [0.1, 0.15) is 6.42 Å². The third-order valence-electron chi connectivity index (χ3n) is 5.49. The Labute approximate surface area is 178 Å². The number of hydrogen-bond acceptors (Lipinski definition) is 7. The summed E-state index contributed by atoms with van der Waals surface area (Å²) in [4.78, 5) is 6.84. The molecule has 1 aliphatic heterocycles. The number of rotatable bonds is 6. The Morgan fingerprint density at radius 1 is 1.13 bits per heavy atom. The average Bonchev–Trinajstić information content (AvgIpc) is 3.30. The third kappa shape index (κ3) is 4.12. The Kier molecular flexibility index (Phi) is 5.56. The van der Waals surface area contributed by atoms with Gasteiger partial charge in [-0.3, -0.25) is 4.90 Å². The highest BCUT2D eigenvalue weighted by molar-refractivity contribution is 5.84. The van der Waals surface area contributed by atoms with Crippen LogP contribution in [0.4, 0.5) is 0 Å². The van der Waals surface area contributed by atoms with E-state index < -0.39 is 0 Å². The van der Waals surface area contributed by atoms with Gasteiger partial charge in [0.2, 0.25) is 0 Å². The van der Waals surface area contributed by atoms with Crippen molar-refractivity contribution in [1.29, 1.82) is 0 Å². The first kappa shape index (κ1) is 19.6. The second kappa shape index (κ2) is 8.79. The van der Waals surface area contributed by atoms with Crippen LogP contribution in [0.3, 0.4) is 0 Å². The molecule has 8 heteroatoms. The number of hydrogen-bond donors (Lipinski definition) is 1. The zero-order chi connectivity index (χ0) is 21.0. The molecule has 31 heavy (non-hydrogen) atoms. The molecule has 0 atom stereocenters. The predicted octanol–water partition coefficient (Wildman–Crippen LogP) is 3.14. The summed E-state index contributed by atoms with van der Waals surface area (Å²) in [7, 11) is 0. The maximum atomic E-state index is 9.70. The number of aromatic nitrogens is 2. The minimum absolute atomic E-state index is 0.386. The van der Waals surface area contributed by atoms with Crippen LogP contribution in [0.2, 0.25) is 0 Å². The van der Waals surface area contributed by atoms with Gasteiger partial charge in [0, 0.05) is 37.4 Å². The first-order valence-electron chi connectivity index (χ1n) is 10.4. The van der Waals surface area contributed by atoms with Crippen LogP contribution in [-0.4, -0.2) is 58.9 Å². The van der Waals surface area contributed by atoms with Gasteiger partial charge in [0.25, 0.3) is 0 Å². The Balaban J connectivity index is 1.40. The summed E-state index contributed by atoms with van der Waals surface area (Å²) in [5.74, 6) is 1.16. The molecule has 0 bridgehead atoms.